The molecule has 1 aromatic heterocycles. The van der Waals surface area contributed by atoms with E-state index >= 15 is 0 Å². The van der Waals surface area contributed by atoms with Crippen LogP contribution in [0.25, 0.3) is 0 Å². The maximum Gasteiger partial charge on any atom is 0.418 e. The molecule has 1 N–H and O–H groups in total. The summed E-state index contributed by atoms with van der Waals surface area (Å²) in [5.41, 5.74) is 1.03. The van der Waals surface area contributed by atoms with Gasteiger partial charge < -0.3 is 5.32 Å². The number of nitrogens with one attached hydrogen (secondary N) is 1. The molecule has 7 heteroatoms. The summed E-state index contributed by atoms with van der Waals surface area (Å²) in [6.07, 6.45) is -2.93. The minimum absolute atomic E-state index is 0.223. The molecule has 3 rings (SSSR count). The normalized spacial score (nSPS) is 11.7. The number of hydrogen-bond acceptors (Lipinski definition) is 3. The van der Waals surface area contributed by atoms with Crippen LogP contribution in [0.4, 0.5) is 23.9 Å². The number of thiophene rings is 1. The topological polar surface area (TPSA) is 41.5 Å². The van der Waals surface area contributed by atoms with Crippen LogP contribution in [0.1, 0.15) is 27.0 Å². The van der Waals surface area contributed by atoms with E-state index in [1.54, 1.807) is 11.6 Å². The van der Waals surface area contributed by atoms with Crippen molar-refractivity contribution in [3.63, 3.8) is 0 Å². The molecule has 0 saturated carbocycles. The Morgan fingerprint density at radius 3 is 2.48 bits per heavy atom. The van der Waals surface area contributed by atoms with E-state index in [0.717, 1.165) is 17.2 Å². The number of halogens is 3. The van der Waals surface area contributed by atoms with Gasteiger partial charge in [0.05, 0.1) is 16.8 Å². The standard InChI is InChI=1S/C20H15F3N2OS/c1-13-6-8-14(9-7-13)12-24-19-15(10-11-27-19)18(26)25-17-5-3-2-4-16(17)20(21,22)23/h2-12H,1H3,(H,25,26). The predicted octanol–water partition coefficient (Wildman–Crippen LogP) is 6.08. The van der Waals surface area contributed by atoms with Crippen LogP contribution in [0, 0.1) is 6.92 Å². The van der Waals surface area contributed by atoms with E-state index in [4.69, 9.17) is 0 Å². The molecule has 0 spiro atoms. The number of carbonyl (C=O) groups is 1. The Morgan fingerprint density at radius 1 is 1.07 bits per heavy atom. The lowest BCUT2D eigenvalue weighted by Crippen LogP contribution is -2.16. The minimum atomic E-state index is -4.55. The number of aryl methyl sites for hydroxylation is 1. The highest BCUT2D eigenvalue weighted by atomic mass is 32.1. The van der Waals surface area contributed by atoms with Crippen LogP contribution in [0.3, 0.4) is 0 Å². The summed E-state index contributed by atoms with van der Waals surface area (Å²) in [6.45, 7) is 1.97. The molecule has 3 aromatic rings. The van der Waals surface area contributed by atoms with Gasteiger partial charge in [0.1, 0.15) is 5.00 Å². The number of aliphatic imine (C=N–C) groups is 1. The summed E-state index contributed by atoms with van der Waals surface area (Å²) < 4.78 is 39.3. The first-order chi connectivity index (χ1) is 12.8. The Bertz CT molecular complexity index is 975. The van der Waals surface area contributed by atoms with E-state index in [2.05, 4.69) is 10.3 Å². The van der Waals surface area contributed by atoms with Gasteiger partial charge in [0.15, 0.2) is 0 Å². The van der Waals surface area contributed by atoms with Crippen molar-refractivity contribution in [3.05, 3.63) is 82.2 Å². The molecule has 27 heavy (non-hydrogen) atoms. The zero-order chi connectivity index (χ0) is 19.4. The summed E-state index contributed by atoms with van der Waals surface area (Å²) >= 11 is 1.24. The summed E-state index contributed by atoms with van der Waals surface area (Å²) in [5, 5.41) is 4.44. The Hall–Kier alpha value is -2.93. The minimum Gasteiger partial charge on any atom is -0.321 e. The zero-order valence-corrected chi connectivity index (χ0v) is 15.1. The van der Waals surface area contributed by atoms with Gasteiger partial charge in [-0.05, 0) is 36.1 Å². The second-order valence-electron chi connectivity index (χ2n) is 5.81. The quantitative estimate of drug-likeness (QED) is 0.541. The second kappa shape index (κ2) is 7.75. The summed E-state index contributed by atoms with van der Waals surface area (Å²) in [5.74, 6) is -0.635. The van der Waals surface area contributed by atoms with Gasteiger partial charge in [-0.1, -0.05) is 42.0 Å². The molecule has 0 unspecified atom stereocenters. The third kappa shape index (κ3) is 4.62. The number of carbonyl (C=O) groups excluding carboxylic acids is 1. The fourth-order valence-corrected chi connectivity index (χ4v) is 3.12. The zero-order valence-electron chi connectivity index (χ0n) is 14.2. The van der Waals surface area contributed by atoms with E-state index in [9.17, 15) is 18.0 Å². The number of anilines is 1. The highest BCUT2D eigenvalue weighted by Crippen LogP contribution is 2.35. The highest BCUT2D eigenvalue weighted by Gasteiger charge is 2.33. The van der Waals surface area contributed by atoms with Crippen LogP contribution >= 0.6 is 11.3 Å². The van der Waals surface area contributed by atoms with Crippen LogP contribution < -0.4 is 5.32 Å². The average Bonchev–Trinajstić information content (AvgIpc) is 3.09. The molecule has 0 radical (unpaired) electrons. The van der Waals surface area contributed by atoms with Gasteiger partial charge >= 0.3 is 6.18 Å². The highest BCUT2D eigenvalue weighted by molar-refractivity contribution is 7.14. The summed E-state index contributed by atoms with van der Waals surface area (Å²) in [6, 6.07) is 14.1. The van der Waals surface area contributed by atoms with E-state index in [-0.39, 0.29) is 11.3 Å². The molecule has 0 aliphatic carbocycles. The number of amides is 1. The lowest BCUT2D eigenvalue weighted by molar-refractivity contribution is -0.136. The van der Waals surface area contributed by atoms with E-state index in [0.29, 0.717) is 5.00 Å². The molecular weight excluding hydrogens is 373 g/mol. The molecular formula is C20H15F3N2OS. The number of benzene rings is 2. The summed E-state index contributed by atoms with van der Waals surface area (Å²) in [7, 11) is 0. The van der Waals surface area contributed by atoms with Gasteiger partial charge in [-0.25, -0.2) is 4.99 Å². The van der Waals surface area contributed by atoms with E-state index in [1.165, 1.54) is 35.6 Å². The molecule has 3 nitrogen and oxygen atoms in total. The number of nitrogens with zero attached hydrogens (tertiary/aromatic N) is 1. The predicted molar refractivity (Wildman–Crippen MR) is 102 cm³/mol. The molecule has 0 aliphatic heterocycles. The van der Waals surface area contributed by atoms with Crippen molar-refractivity contribution in [1.29, 1.82) is 0 Å². The smallest absolute Gasteiger partial charge is 0.321 e. The number of hydrogen-bond donors (Lipinski definition) is 1. The molecule has 0 fully saturated rings. The van der Waals surface area contributed by atoms with Crippen molar-refractivity contribution in [2.24, 2.45) is 4.99 Å². The molecule has 0 atom stereocenters. The van der Waals surface area contributed by atoms with Crippen molar-refractivity contribution in [2.75, 3.05) is 5.32 Å². The first kappa shape index (κ1) is 18.8. The third-order valence-electron chi connectivity index (χ3n) is 3.78. The number of rotatable bonds is 4. The lowest BCUT2D eigenvalue weighted by atomic mass is 10.1. The van der Waals surface area contributed by atoms with E-state index < -0.39 is 17.6 Å². The van der Waals surface area contributed by atoms with Gasteiger partial charge in [-0.2, -0.15) is 13.2 Å². The largest absolute Gasteiger partial charge is 0.418 e. The second-order valence-corrected chi connectivity index (χ2v) is 6.70. The van der Waals surface area contributed by atoms with Gasteiger partial charge in [-0.3, -0.25) is 4.79 Å². The molecule has 0 saturated heterocycles. The molecule has 0 aliphatic rings. The van der Waals surface area contributed by atoms with Gasteiger partial charge in [0.2, 0.25) is 0 Å². The Balaban J connectivity index is 1.82. The van der Waals surface area contributed by atoms with Crippen molar-refractivity contribution < 1.29 is 18.0 Å². The summed E-state index contributed by atoms with van der Waals surface area (Å²) in [4.78, 5) is 16.8. The van der Waals surface area contributed by atoms with Gasteiger partial charge in [-0.15, -0.1) is 11.3 Å². The van der Waals surface area contributed by atoms with Gasteiger partial charge in [0.25, 0.3) is 5.91 Å². The van der Waals surface area contributed by atoms with Crippen LogP contribution in [0.15, 0.2) is 65.0 Å². The Kier molecular flexibility index (Phi) is 5.41. The molecule has 0 bridgehead atoms. The van der Waals surface area contributed by atoms with E-state index in [1.807, 2.05) is 31.2 Å². The van der Waals surface area contributed by atoms with Crippen molar-refractivity contribution in [1.82, 2.24) is 0 Å². The first-order valence-electron chi connectivity index (χ1n) is 8.00. The lowest BCUT2D eigenvalue weighted by Gasteiger charge is -2.13. The monoisotopic (exact) mass is 388 g/mol. The third-order valence-corrected chi connectivity index (χ3v) is 4.60. The fourth-order valence-electron chi connectivity index (χ4n) is 2.39. The van der Waals surface area contributed by atoms with Crippen LogP contribution in [0.5, 0.6) is 0 Å². The Labute approximate surface area is 158 Å². The van der Waals surface area contributed by atoms with Crippen LogP contribution in [0.2, 0.25) is 0 Å². The maximum atomic E-state index is 13.1. The number of alkyl halides is 3. The molecule has 1 amide bonds. The van der Waals surface area contributed by atoms with Crippen molar-refractivity contribution in [3.8, 4) is 0 Å². The molecule has 1 heterocycles. The molecule has 138 valence electrons. The van der Waals surface area contributed by atoms with Crippen LogP contribution in [-0.2, 0) is 6.18 Å². The SMILES string of the molecule is Cc1ccc(C=Nc2sccc2C(=O)Nc2ccccc2C(F)(F)F)cc1. The number of para-hydroxylation sites is 1. The van der Waals surface area contributed by atoms with Crippen molar-refractivity contribution in [2.45, 2.75) is 13.1 Å². The van der Waals surface area contributed by atoms with Crippen LogP contribution in [-0.4, -0.2) is 12.1 Å². The first-order valence-corrected chi connectivity index (χ1v) is 8.88. The average molecular weight is 388 g/mol. The van der Waals surface area contributed by atoms with Gasteiger partial charge in [0, 0.05) is 6.21 Å². The molecule has 2 aromatic carbocycles. The van der Waals surface area contributed by atoms with Crippen molar-refractivity contribution >= 4 is 34.1 Å². The fraction of sp³-hybridized carbons (Fsp3) is 0.100. The Morgan fingerprint density at radius 2 is 1.78 bits per heavy atom. The maximum absolute atomic E-state index is 13.1.